The van der Waals surface area contributed by atoms with E-state index in [4.69, 9.17) is 0 Å². The number of aliphatic hydroxyl groups is 1. The number of allylic oxidation sites excluding steroid dienone is 1. The number of nitro benzene ring substituents is 2. The van der Waals surface area contributed by atoms with Crippen LogP contribution in [-0.4, -0.2) is 40.1 Å². The van der Waals surface area contributed by atoms with Crippen LogP contribution in [0.1, 0.15) is 85.0 Å². The first-order chi connectivity index (χ1) is 19.9. The molecule has 3 saturated carbocycles. The van der Waals surface area contributed by atoms with E-state index in [2.05, 4.69) is 37.5 Å². The van der Waals surface area contributed by atoms with Gasteiger partial charge in [-0.3, -0.25) is 25.0 Å². The number of anilines is 1. The fraction of sp³-hybridized carbons (Fsp3) is 0.719. The zero-order chi connectivity index (χ0) is 30.2. The molecule has 1 aromatic rings. The van der Waals surface area contributed by atoms with Gasteiger partial charge in [-0.15, -0.1) is 0 Å². The maximum atomic E-state index is 12.7. The Morgan fingerprint density at radius 2 is 1.86 bits per heavy atom. The quantitative estimate of drug-likeness (QED) is 0.125. The van der Waals surface area contributed by atoms with Gasteiger partial charge in [0.25, 0.3) is 11.4 Å². The lowest BCUT2D eigenvalue weighted by Gasteiger charge is -2.58. The van der Waals surface area contributed by atoms with Gasteiger partial charge in [0, 0.05) is 25.6 Å². The summed E-state index contributed by atoms with van der Waals surface area (Å²) >= 11 is 0. The van der Waals surface area contributed by atoms with Crippen molar-refractivity contribution in [2.75, 3.05) is 18.4 Å². The van der Waals surface area contributed by atoms with E-state index in [0.717, 1.165) is 55.9 Å². The van der Waals surface area contributed by atoms with Gasteiger partial charge in [-0.25, -0.2) is 0 Å². The zero-order valence-electron chi connectivity index (χ0n) is 25.1. The topological polar surface area (TPSA) is 148 Å². The lowest BCUT2D eigenvalue weighted by molar-refractivity contribution is -0.393. The molecule has 5 rings (SSSR count). The fourth-order valence-electron chi connectivity index (χ4n) is 9.60. The third-order valence-corrected chi connectivity index (χ3v) is 11.8. The van der Waals surface area contributed by atoms with Crippen molar-refractivity contribution in [3.05, 3.63) is 50.1 Å². The summed E-state index contributed by atoms with van der Waals surface area (Å²) in [4.78, 5) is 33.6. The van der Waals surface area contributed by atoms with E-state index in [1.165, 1.54) is 43.4 Å². The number of hydrogen-bond donors (Lipinski definition) is 3. The average molecular weight is 583 g/mol. The van der Waals surface area contributed by atoms with Crippen molar-refractivity contribution >= 4 is 23.0 Å². The van der Waals surface area contributed by atoms with Crippen LogP contribution in [0.3, 0.4) is 0 Å². The largest absolute Gasteiger partial charge is 0.393 e. The number of hydrogen-bond acceptors (Lipinski definition) is 7. The molecule has 230 valence electrons. The van der Waals surface area contributed by atoms with E-state index >= 15 is 0 Å². The van der Waals surface area contributed by atoms with Crippen LogP contribution in [0.5, 0.6) is 0 Å². The number of rotatable bonds is 10. The van der Waals surface area contributed by atoms with Crippen LogP contribution < -0.4 is 10.6 Å². The van der Waals surface area contributed by atoms with Crippen LogP contribution in [0.2, 0.25) is 0 Å². The molecular formula is C32H46N4O6. The molecule has 0 aromatic heterocycles. The Morgan fingerprint density at radius 3 is 2.60 bits per heavy atom. The Balaban J connectivity index is 1.10. The van der Waals surface area contributed by atoms with Crippen molar-refractivity contribution in [2.24, 2.45) is 40.4 Å². The molecule has 3 fully saturated rings. The number of carbonyl (C=O) groups is 1. The van der Waals surface area contributed by atoms with Gasteiger partial charge in [-0.05, 0) is 104 Å². The molecule has 8 atom stereocenters. The fourth-order valence-corrected chi connectivity index (χ4v) is 9.60. The number of amides is 1. The number of aliphatic hydroxyl groups excluding tert-OH is 1. The second kappa shape index (κ2) is 11.9. The Bertz CT molecular complexity index is 1250. The van der Waals surface area contributed by atoms with Crippen molar-refractivity contribution < 1.29 is 19.7 Å². The van der Waals surface area contributed by atoms with E-state index in [-0.39, 0.29) is 41.0 Å². The molecule has 1 aromatic carbocycles. The first-order valence-corrected chi connectivity index (χ1v) is 15.7. The summed E-state index contributed by atoms with van der Waals surface area (Å²) in [6.07, 6.45) is 12.7. The Morgan fingerprint density at radius 1 is 1.07 bits per heavy atom. The number of non-ortho nitro benzene ring substituents is 1. The standard InChI is InChI=1S/C32H46N4O6/c1-20(4-11-30(38)34-17-16-33-28-10-6-22(35(39)40)19-29(28)36(41)42)25-8-9-26-24-7-5-21-18-23(37)12-14-31(21,2)27(24)13-15-32(25,26)3/h5-6,10,19-20,23-27,33,37H,4,7-9,11-18H2,1-3H3,(H,34,38)/t20-,23+,24+,25-,26+,27+,31+,32-/m1/s1. The van der Waals surface area contributed by atoms with E-state index in [0.29, 0.717) is 30.2 Å². The zero-order valence-corrected chi connectivity index (χ0v) is 25.1. The van der Waals surface area contributed by atoms with Gasteiger partial charge in [0.2, 0.25) is 5.91 Å². The third kappa shape index (κ3) is 5.66. The molecule has 0 spiro atoms. The first kappa shape index (κ1) is 30.4. The molecular weight excluding hydrogens is 536 g/mol. The molecule has 0 bridgehead atoms. The minimum atomic E-state index is -0.665. The summed E-state index contributed by atoms with van der Waals surface area (Å²) < 4.78 is 0. The van der Waals surface area contributed by atoms with E-state index < -0.39 is 9.85 Å². The number of nitro groups is 2. The van der Waals surface area contributed by atoms with Crippen molar-refractivity contribution in [1.82, 2.24) is 5.32 Å². The second-order valence-corrected chi connectivity index (χ2v) is 13.9. The molecule has 4 aliphatic carbocycles. The van der Waals surface area contributed by atoms with Crippen LogP contribution in [0.4, 0.5) is 17.1 Å². The van der Waals surface area contributed by atoms with Gasteiger partial charge >= 0.3 is 0 Å². The van der Waals surface area contributed by atoms with Crippen molar-refractivity contribution in [2.45, 2.75) is 91.1 Å². The maximum absolute atomic E-state index is 12.7. The van der Waals surface area contributed by atoms with Gasteiger partial charge in [-0.2, -0.15) is 0 Å². The minimum absolute atomic E-state index is 0.0254. The van der Waals surface area contributed by atoms with Gasteiger partial charge < -0.3 is 15.7 Å². The number of carbonyl (C=O) groups excluding carboxylic acids is 1. The lowest BCUT2D eigenvalue weighted by atomic mass is 9.47. The Hall–Kier alpha value is -3.01. The predicted molar refractivity (Wildman–Crippen MR) is 161 cm³/mol. The maximum Gasteiger partial charge on any atom is 0.299 e. The summed E-state index contributed by atoms with van der Waals surface area (Å²) in [5.41, 5.74) is 1.57. The van der Waals surface area contributed by atoms with Gasteiger partial charge in [0.15, 0.2) is 0 Å². The van der Waals surface area contributed by atoms with Crippen LogP contribution in [0.25, 0.3) is 0 Å². The highest BCUT2D eigenvalue weighted by Gasteiger charge is 2.59. The lowest BCUT2D eigenvalue weighted by Crippen LogP contribution is -2.50. The summed E-state index contributed by atoms with van der Waals surface area (Å²) in [6, 6.07) is 3.48. The molecule has 0 aliphatic heterocycles. The highest BCUT2D eigenvalue weighted by atomic mass is 16.6. The van der Waals surface area contributed by atoms with Gasteiger partial charge in [-0.1, -0.05) is 32.4 Å². The number of fused-ring (bicyclic) bond motifs is 5. The smallest absolute Gasteiger partial charge is 0.299 e. The van der Waals surface area contributed by atoms with Gasteiger partial charge in [0.05, 0.1) is 22.0 Å². The van der Waals surface area contributed by atoms with Crippen molar-refractivity contribution in [1.29, 1.82) is 0 Å². The summed E-state index contributed by atoms with van der Waals surface area (Å²) in [5, 5.41) is 38.4. The molecule has 0 heterocycles. The first-order valence-electron chi connectivity index (χ1n) is 15.7. The second-order valence-electron chi connectivity index (χ2n) is 13.9. The van der Waals surface area contributed by atoms with Crippen LogP contribution in [-0.2, 0) is 4.79 Å². The molecule has 10 nitrogen and oxygen atoms in total. The van der Waals surface area contributed by atoms with E-state index in [1.54, 1.807) is 0 Å². The summed E-state index contributed by atoms with van der Waals surface area (Å²) in [6.45, 7) is 7.89. The molecule has 4 aliphatic rings. The van der Waals surface area contributed by atoms with Crippen molar-refractivity contribution in [3.8, 4) is 0 Å². The molecule has 0 saturated heterocycles. The average Bonchev–Trinajstić information content (AvgIpc) is 3.31. The van der Waals surface area contributed by atoms with Crippen LogP contribution in [0.15, 0.2) is 29.8 Å². The summed E-state index contributed by atoms with van der Waals surface area (Å²) in [7, 11) is 0. The molecule has 42 heavy (non-hydrogen) atoms. The minimum Gasteiger partial charge on any atom is -0.393 e. The molecule has 0 radical (unpaired) electrons. The SMILES string of the molecule is C[C@H](CCC(=O)NCCNc1ccc([N+](=O)[O-])cc1[N+](=O)[O-])[C@H]1CC[C@H]2[C@@H]3CC=C4C[C@@H](O)CC[C@]4(C)[C@H]3CC[C@]12C. The van der Waals surface area contributed by atoms with Crippen molar-refractivity contribution in [3.63, 3.8) is 0 Å². The number of nitrogens with one attached hydrogen (secondary N) is 2. The molecule has 1 amide bonds. The van der Waals surface area contributed by atoms with Crippen LogP contribution in [0, 0.1) is 60.6 Å². The highest BCUT2D eigenvalue weighted by Crippen LogP contribution is 2.67. The number of benzene rings is 1. The Labute approximate surface area is 248 Å². The number of nitrogens with zero attached hydrogens (tertiary/aromatic N) is 2. The van der Waals surface area contributed by atoms with Gasteiger partial charge in [0.1, 0.15) is 5.69 Å². The summed E-state index contributed by atoms with van der Waals surface area (Å²) in [5.74, 6) is 3.23. The monoisotopic (exact) mass is 582 g/mol. The highest BCUT2D eigenvalue weighted by molar-refractivity contribution is 5.76. The van der Waals surface area contributed by atoms with Crippen LogP contribution >= 0.6 is 0 Å². The normalized spacial score (nSPS) is 34.3. The Kier molecular flexibility index (Phi) is 8.65. The predicted octanol–water partition coefficient (Wildman–Crippen LogP) is 6.39. The third-order valence-electron chi connectivity index (χ3n) is 11.8. The van der Waals surface area contributed by atoms with E-state index in [1.807, 2.05) is 0 Å². The molecule has 3 N–H and O–H groups in total. The molecule has 0 unspecified atom stereocenters. The van der Waals surface area contributed by atoms with E-state index in [9.17, 15) is 30.1 Å². The molecule has 10 heteroatoms.